The Kier molecular flexibility index (Phi) is 8.31. The molecule has 0 amide bonds. The lowest BCUT2D eigenvalue weighted by Crippen LogP contribution is -2.00. The Bertz CT molecular complexity index is 196. The second kappa shape index (κ2) is 8.80. The summed E-state index contributed by atoms with van der Waals surface area (Å²) in [5, 5.41) is 0. The van der Waals surface area contributed by atoms with Crippen LogP contribution in [0.3, 0.4) is 0 Å². The molecule has 80 valence electrons. The molecular weight excluding hydrogens is 168 g/mol. The van der Waals surface area contributed by atoms with Crippen LogP contribution in [0, 0.1) is 5.92 Å². The number of hydrogen-bond donors (Lipinski definition) is 0. The maximum absolute atomic E-state index is 3.89. The van der Waals surface area contributed by atoms with Crippen molar-refractivity contribution in [2.45, 2.75) is 46.5 Å². The van der Waals surface area contributed by atoms with Crippen LogP contribution in [-0.2, 0) is 0 Å². The fourth-order valence-electron chi connectivity index (χ4n) is 1.64. The van der Waals surface area contributed by atoms with Crippen LogP contribution >= 0.6 is 0 Å². The molecule has 0 nitrogen and oxygen atoms in total. The second-order valence-electron chi connectivity index (χ2n) is 3.64. The van der Waals surface area contributed by atoms with Crippen LogP contribution in [-0.4, -0.2) is 0 Å². The molecule has 0 bridgehead atoms. The van der Waals surface area contributed by atoms with Crippen molar-refractivity contribution in [2.24, 2.45) is 5.92 Å². The zero-order chi connectivity index (χ0) is 10.8. The first kappa shape index (κ1) is 13.2. The maximum Gasteiger partial charge on any atom is -0.0165 e. The molecule has 0 spiro atoms. The first-order valence-corrected chi connectivity index (χ1v) is 5.75. The minimum absolute atomic E-state index is 0.698. The third-order valence-corrected chi connectivity index (χ3v) is 2.59. The standard InChI is InChI=1S/C14H24/c1-5-9-11-13(7-3)14(8-4)12-10-6-2/h5,7,9,11,14H,3,6,8,10,12H2,1-2,4H3/b9-5-,13-11+. The SMILES string of the molecule is C=C/C(=C\C=C/C)C(CC)CCCC. The van der Waals surface area contributed by atoms with Crippen LogP contribution in [0.25, 0.3) is 0 Å². The summed E-state index contributed by atoms with van der Waals surface area (Å²) >= 11 is 0. The van der Waals surface area contributed by atoms with Crippen molar-refractivity contribution in [3.8, 4) is 0 Å². The lowest BCUT2D eigenvalue weighted by atomic mass is 9.90. The van der Waals surface area contributed by atoms with E-state index in [1.165, 1.54) is 31.3 Å². The van der Waals surface area contributed by atoms with E-state index in [0.29, 0.717) is 5.92 Å². The molecule has 14 heavy (non-hydrogen) atoms. The van der Waals surface area contributed by atoms with Gasteiger partial charge in [-0.3, -0.25) is 0 Å². The van der Waals surface area contributed by atoms with Crippen molar-refractivity contribution in [1.82, 2.24) is 0 Å². The third-order valence-electron chi connectivity index (χ3n) is 2.59. The third kappa shape index (κ3) is 5.06. The Morgan fingerprint density at radius 1 is 1.36 bits per heavy atom. The number of rotatable bonds is 7. The molecule has 0 N–H and O–H groups in total. The fraction of sp³-hybridized carbons (Fsp3) is 0.571. The van der Waals surface area contributed by atoms with E-state index in [1.807, 2.05) is 13.0 Å². The van der Waals surface area contributed by atoms with Crippen LogP contribution in [0.5, 0.6) is 0 Å². The van der Waals surface area contributed by atoms with Crippen molar-refractivity contribution in [3.63, 3.8) is 0 Å². The summed E-state index contributed by atoms with van der Waals surface area (Å²) < 4.78 is 0. The van der Waals surface area contributed by atoms with Gasteiger partial charge in [0.05, 0.1) is 0 Å². The number of allylic oxidation sites excluding steroid dienone is 5. The normalized spacial score (nSPS) is 14.6. The van der Waals surface area contributed by atoms with Gasteiger partial charge < -0.3 is 0 Å². The molecule has 1 atom stereocenters. The predicted molar refractivity (Wildman–Crippen MR) is 66.4 cm³/mol. The smallest absolute Gasteiger partial charge is 0.0165 e. The fourth-order valence-corrected chi connectivity index (χ4v) is 1.64. The summed E-state index contributed by atoms with van der Waals surface area (Å²) in [7, 11) is 0. The molecule has 0 saturated carbocycles. The first-order valence-electron chi connectivity index (χ1n) is 5.75. The van der Waals surface area contributed by atoms with Gasteiger partial charge in [0.2, 0.25) is 0 Å². The molecule has 0 fully saturated rings. The first-order chi connectivity index (χ1) is 6.79. The van der Waals surface area contributed by atoms with Crippen LogP contribution in [0.2, 0.25) is 0 Å². The van der Waals surface area contributed by atoms with Gasteiger partial charge in [0.25, 0.3) is 0 Å². The highest BCUT2D eigenvalue weighted by Crippen LogP contribution is 2.22. The molecular formula is C14H24. The molecule has 0 aliphatic rings. The van der Waals surface area contributed by atoms with Crippen LogP contribution in [0.15, 0.2) is 36.5 Å². The molecule has 0 aliphatic heterocycles. The van der Waals surface area contributed by atoms with Gasteiger partial charge >= 0.3 is 0 Å². The quantitative estimate of drug-likeness (QED) is 0.504. The van der Waals surface area contributed by atoms with Crippen molar-refractivity contribution >= 4 is 0 Å². The monoisotopic (exact) mass is 192 g/mol. The molecule has 0 aromatic heterocycles. The molecule has 1 unspecified atom stereocenters. The van der Waals surface area contributed by atoms with E-state index in [-0.39, 0.29) is 0 Å². The van der Waals surface area contributed by atoms with E-state index >= 15 is 0 Å². The molecule has 0 aliphatic carbocycles. The minimum atomic E-state index is 0.698. The summed E-state index contributed by atoms with van der Waals surface area (Å²) in [6.07, 6.45) is 13.5. The predicted octanol–water partition coefficient (Wildman–Crippen LogP) is 4.89. The average molecular weight is 192 g/mol. The van der Waals surface area contributed by atoms with Gasteiger partial charge in [0.15, 0.2) is 0 Å². The van der Waals surface area contributed by atoms with Crippen molar-refractivity contribution < 1.29 is 0 Å². The number of hydrogen-bond acceptors (Lipinski definition) is 0. The van der Waals surface area contributed by atoms with Gasteiger partial charge in [-0.2, -0.15) is 0 Å². The molecule has 0 aromatic carbocycles. The highest BCUT2D eigenvalue weighted by atomic mass is 14.1. The van der Waals surface area contributed by atoms with Gasteiger partial charge in [-0.25, -0.2) is 0 Å². The summed E-state index contributed by atoms with van der Waals surface area (Å²) in [5.74, 6) is 0.698. The summed E-state index contributed by atoms with van der Waals surface area (Å²) in [6, 6.07) is 0. The Labute approximate surface area is 89.4 Å². The lowest BCUT2D eigenvalue weighted by molar-refractivity contribution is 0.523. The summed E-state index contributed by atoms with van der Waals surface area (Å²) in [6.45, 7) is 10.4. The Morgan fingerprint density at radius 3 is 2.50 bits per heavy atom. The molecule has 0 heteroatoms. The minimum Gasteiger partial charge on any atom is -0.0988 e. The molecule has 0 heterocycles. The molecule has 0 rings (SSSR count). The summed E-state index contributed by atoms with van der Waals surface area (Å²) in [4.78, 5) is 0. The van der Waals surface area contributed by atoms with Gasteiger partial charge in [-0.05, 0) is 31.3 Å². The van der Waals surface area contributed by atoms with Gasteiger partial charge in [0.1, 0.15) is 0 Å². The lowest BCUT2D eigenvalue weighted by Gasteiger charge is -2.15. The van der Waals surface area contributed by atoms with Crippen LogP contribution < -0.4 is 0 Å². The van der Waals surface area contributed by atoms with Crippen molar-refractivity contribution in [3.05, 3.63) is 36.5 Å². The van der Waals surface area contributed by atoms with E-state index in [1.54, 1.807) is 0 Å². The zero-order valence-corrected chi connectivity index (χ0v) is 9.92. The molecule has 0 radical (unpaired) electrons. The van der Waals surface area contributed by atoms with Gasteiger partial charge in [-0.15, -0.1) is 0 Å². The topological polar surface area (TPSA) is 0 Å². The van der Waals surface area contributed by atoms with Crippen LogP contribution in [0.4, 0.5) is 0 Å². The Hall–Kier alpha value is -0.780. The van der Waals surface area contributed by atoms with E-state index in [9.17, 15) is 0 Å². The molecule has 0 aromatic rings. The Morgan fingerprint density at radius 2 is 2.07 bits per heavy atom. The van der Waals surface area contributed by atoms with E-state index < -0.39 is 0 Å². The van der Waals surface area contributed by atoms with Crippen molar-refractivity contribution in [1.29, 1.82) is 0 Å². The highest BCUT2D eigenvalue weighted by molar-refractivity contribution is 5.24. The van der Waals surface area contributed by atoms with E-state index in [2.05, 4.69) is 38.7 Å². The molecule has 0 saturated heterocycles. The zero-order valence-electron chi connectivity index (χ0n) is 9.92. The summed E-state index contributed by atoms with van der Waals surface area (Å²) in [5.41, 5.74) is 1.39. The highest BCUT2D eigenvalue weighted by Gasteiger charge is 2.07. The second-order valence-corrected chi connectivity index (χ2v) is 3.64. The maximum atomic E-state index is 3.89. The van der Waals surface area contributed by atoms with E-state index in [4.69, 9.17) is 0 Å². The van der Waals surface area contributed by atoms with Crippen molar-refractivity contribution in [2.75, 3.05) is 0 Å². The largest absolute Gasteiger partial charge is 0.0988 e. The Balaban J connectivity index is 4.35. The average Bonchev–Trinajstić information content (AvgIpc) is 2.23. The van der Waals surface area contributed by atoms with E-state index in [0.717, 1.165) is 0 Å². The van der Waals surface area contributed by atoms with Gasteiger partial charge in [0, 0.05) is 0 Å². The van der Waals surface area contributed by atoms with Crippen LogP contribution in [0.1, 0.15) is 46.5 Å². The number of unbranched alkanes of at least 4 members (excludes halogenated alkanes) is 1. The van der Waals surface area contributed by atoms with Gasteiger partial charge in [-0.1, -0.05) is 57.6 Å².